The second-order valence-corrected chi connectivity index (χ2v) is 3.73. The number of hydrogen-bond donors (Lipinski definition) is 2. The van der Waals surface area contributed by atoms with Crippen LogP contribution in [0.1, 0.15) is 23.0 Å². The van der Waals surface area contributed by atoms with Crippen LogP contribution in [0.15, 0.2) is 18.9 Å². The second kappa shape index (κ2) is 4.89. The Labute approximate surface area is 93.7 Å². The van der Waals surface area contributed by atoms with Crippen molar-refractivity contribution in [3.8, 4) is 0 Å². The summed E-state index contributed by atoms with van der Waals surface area (Å²) in [7, 11) is 0. The SMILES string of the molecule is C=CCCNC(=O)c1cn(C2CNC2)nn1. The Morgan fingerprint density at radius 3 is 3.19 bits per heavy atom. The third kappa shape index (κ3) is 2.27. The van der Waals surface area contributed by atoms with Crippen molar-refractivity contribution in [2.75, 3.05) is 19.6 Å². The smallest absolute Gasteiger partial charge is 0.273 e. The third-order valence-corrected chi connectivity index (χ3v) is 2.51. The zero-order valence-corrected chi connectivity index (χ0v) is 9.02. The highest BCUT2D eigenvalue weighted by Gasteiger charge is 2.21. The zero-order valence-electron chi connectivity index (χ0n) is 9.02. The van der Waals surface area contributed by atoms with Gasteiger partial charge in [0.15, 0.2) is 5.69 Å². The van der Waals surface area contributed by atoms with Crippen molar-refractivity contribution in [1.82, 2.24) is 25.6 Å². The van der Waals surface area contributed by atoms with Gasteiger partial charge >= 0.3 is 0 Å². The van der Waals surface area contributed by atoms with Crippen LogP contribution in [0.5, 0.6) is 0 Å². The number of nitrogens with one attached hydrogen (secondary N) is 2. The van der Waals surface area contributed by atoms with Crippen LogP contribution < -0.4 is 10.6 Å². The van der Waals surface area contributed by atoms with Crippen molar-refractivity contribution < 1.29 is 4.79 Å². The fraction of sp³-hybridized carbons (Fsp3) is 0.500. The van der Waals surface area contributed by atoms with Crippen LogP contribution in [-0.2, 0) is 0 Å². The summed E-state index contributed by atoms with van der Waals surface area (Å²) in [5.41, 5.74) is 0.371. The minimum Gasteiger partial charge on any atom is -0.350 e. The molecule has 0 aromatic carbocycles. The predicted octanol–water partition coefficient (Wildman–Crippen LogP) is -0.272. The van der Waals surface area contributed by atoms with Crippen molar-refractivity contribution in [2.24, 2.45) is 0 Å². The lowest BCUT2D eigenvalue weighted by molar-refractivity contribution is 0.0949. The summed E-state index contributed by atoms with van der Waals surface area (Å²) < 4.78 is 1.74. The van der Waals surface area contributed by atoms with Gasteiger partial charge in [0.2, 0.25) is 0 Å². The molecule has 0 unspecified atom stereocenters. The van der Waals surface area contributed by atoms with Crippen LogP contribution in [0.3, 0.4) is 0 Å². The van der Waals surface area contributed by atoms with Gasteiger partial charge in [-0.15, -0.1) is 11.7 Å². The van der Waals surface area contributed by atoms with Crippen molar-refractivity contribution in [1.29, 1.82) is 0 Å². The first-order chi connectivity index (χ1) is 7.81. The van der Waals surface area contributed by atoms with E-state index in [1.165, 1.54) is 0 Å². The second-order valence-electron chi connectivity index (χ2n) is 3.73. The normalized spacial score (nSPS) is 15.5. The van der Waals surface area contributed by atoms with Gasteiger partial charge in [-0.1, -0.05) is 11.3 Å². The van der Waals surface area contributed by atoms with Crippen molar-refractivity contribution in [3.05, 3.63) is 24.5 Å². The molecule has 1 aliphatic heterocycles. The fourth-order valence-electron chi connectivity index (χ4n) is 1.40. The van der Waals surface area contributed by atoms with Gasteiger partial charge in [0.05, 0.1) is 12.2 Å². The third-order valence-electron chi connectivity index (χ3n) is 2.51. The Morgan fingerprint density at radius 2 is 2.56 bits per heavy atom. The molecule has 1 aromatic heterocycles. The molecule has 1 aliphatic rings. The van der Waals surface area contributed by atoms with Gasteiger partial charge in [0.1, 0.15) is 0 Å². The van der Waals surface area contributed by atoms with Crippen LogP contribution in [0.25, 0.3) is 0 Å². The maximum absolute atomic E-state index is 11.6. The minimum absolute atomic E-state index is 0.180. The number of hydrogen-bond acceptors (Lipinski definition) is 4. The van der Waals surface area contributed by atoms with E-state index in [4.69, 9.17) is 0 Å². The van der Waals surface area contributed by atoms with E-state index in [9.17, 15) is 4.79 Å². The molecule has 0 atom stereocenters. The standard InChI is InChI=1S/C10H15N5O/c1-2-3-4-12-10(16)9-7-15(14-13-9)8-5-11-6-8/h2,7-8,11H,1,3-6H2,(H,12,16). The molecule has 2 N–H and O–H groups in total. The maximum Gasteiger partial charge on any atom is 0.273 e. The average molecular weight is 221 g/mol. The first-order valence-electron chi connectivity index (χ1n) is 5.33. The fourth-order valence-corrected chi connectivity index (χ4v) is 1.40. The highest BCUT2D eigenvalue weighted by atomic mass is 16.2. The lowest BCUT2D eigenvalue weighted by Gasteiger charge is -2.26. The van der Waals surface area contributed by atoms with Crippen molar-refractivity contribution in [3.63, 3.8) is 0 Å². The summed E-state index contributed by atoms with van der Waals surface area (Å²) >= 11 is 0. The molecule has 0 spiro atoms. The molecule has 1 fully saturated rings. The van der Waals surface area contributed by atoms with Gasteiger partial charge in [-0.05, 0) is 6.42 Å². The van der Waals surface area contributed by atoms with Gasteiger partial charge in [-0.2, -0.15) is 0 Å². The van der Waals surface area contributed by atoms with Gasteiger partial charge in [0, 0.05) is 19.6 Å². The van der Waals surface area contributed by atoms with E-state index in [1.54, 1.807) is 17.0 Å². The number of rotatable bonds is 5. The molecule has 0 radical (unpaired) electrons. The molecule has 1 aromatic rings. The Hall–Kier alpha value is -1.69. The van der Waals surface area contributed by atoms with Crippen LogP contribution in [0.2, 0.25) is 0 Å². The minimum atomic E-state index is -0.180. The predicted molar refractivity (Wildman–Crippen MR) is 59.1 cm³/mol. The van der Waals surface area contributed by atoms with E-state index < -0.39 is 0 Å². The molecule has 6 nitrogen and oxygen atoms in total. The molecular weight excluding hydrogens is 206 g/mol. The molecule has 2 rings (SSSR count). The van der Waals surface area contributed by atoms with Crippen molar-refractivity contribution in [2.45, 2.75) is 12.5 Å². The lowest BCUT2D eigenvalue weighted by Crippen LogP contribution is -2.43. The quantitative estimate of drug-likeness (QED) is 0.530. The topological polar surface area (TPSA) is 71.8 Å². The maximum atomic E-state index is 11.6. The number of carbonyl (C=O) groups is 1. The number of carbonyl (C=O) groups excluding carboxylic acids is 1. The van der Waals surface area contributed by atoms with Gasteiger partial charge in [-0.3, -0.25) is 4.79 Å². The number of nitrogens with zero attached hydrogens (tertiary/aromatic N) is 3. The Kier molecular flexibility index (Phi) is 3.31. The number of amides is 1. The van der Waals surface area contributed by atoms with E-state index in [0.29, 0.717) is 18.3 Å². The van der Waals surface area contributed by atoms with Crippen LogP contribution in [0, 0.1) is 0 Å². The van der Waals surface area contributed by atoms with Gasteiger partial charge in [-0.25, -0.2) is 4.68 Å². The molecule has 0 bridgehead atoms. The molecule has 1 saturated heterocycles. The Balaban J connectivity index is 1.90. The molecule has 16 heavy (non-hydrogen) atoms. The molecule has 0 aliphatic carbocycles. The summed E-state index contributed by atoms with van der Waals surface area (Å²) in [5.74, 6) is -0.180. The highest BCUT2D eigenvalue weighted by molar-refractivity contribution is 5.91. The molecule has 2 heterocycles. The Morgan fingerprint density at radius 1 is 1.75 bits per heavy atom. The summed E-state index contributed by atoms with van der Waals surface area (Å²) in [6.07, 6.45) is 4.21. The summed E-state index contributed by atoms with van der Waals surface area (Å²) in [6.45, 7) is 5.95. The first kappa shape index (κ1) is 10.8. The molecule has 1 amide bonds. The summed E-state index contributed by atoms with van der Waals surface area (Å²) in [5, 5.41) is 13.7. The molecule has 0 saturated carbocycles. The number of aromatic nitrogens is 3. The van der Waals surface area contributed by atoms with Crippen LogP contribution in [-0.4, -0.2) is 40.5 Å². The van der Waals surface area contributed by atoms with E-state index in [-0.39, 0.29) is 5.91 Å². The van der Waals surface area contributed by atoms with Crippen LogP contribution in [0.4, 0.5) is 0 Å². The highest BCUT2D eigenvalue weighted by Crippen LogP contribution is 2.09. The largest absolute Gasteiger partial charge is 0.350 e. The van der Waals surface area contributed by atoms with Crippen molar-refractivity contribution >= 4 is 5.91 Å². The molecule has 86 valence electrons. The lowest BCUT2D eigenvalue weighted by atomic mass is 10.2. The summed E-state index contributed by atoms with van der Waals surface area (Å²) in [6, 6.07) is 0.335. The van der Waals surface area contributed by atoms with E-state index in [1.807, 2.05) is 0 Å². The monoisotopic (exact) mass is 221 g/mol. The average Bonchev–Trinajstić information content (AvgIpc) is 2.64. The molecule has 6 heteroatoms. The van der Waals surface area contributed by atoms with E-state index >= 15 is 0 Å². The van der Waals surface area contributed by atoms with Gasteiger partial charge < -0.3 is 10.6 Å². The van der Waals surface area contributed by atoms with E-state index in [0.717, 1.165) is 19.5 Å². The van der Waals surface area contributed by atoms with Gasteiger partial charge in [0.25, 0.3) is 5.91 Å². The Bertz CT molecular complexity index is 382. The molecular formula is C10H15N5O. The first-order valence-corrected chi connectivity index (χ1v) is 5.33. The zero-order chi connectivity index (χ0) is 11.4. The van der Waals surface area contributed by atoms with Crippen LogP contribution >= 0.6 is 0 Å². The van der Waals surface area contributed by atoms with E-state index in [2.05, 4.69) is 27.5 Å². The summed E-state index contributed by atoms with van der Waals surface area (Å²) in [4.78, 5) is 11.6.